The van der Waals surface area contributed by atoms with Gasteiger partial charge in [-0.15, -0.1) is 0 Å². The second-order valence-electron chi connectivity index (χ2n) is 8.72. The van der Waals surface area contributed by atoms with Crippen molar-refractivity contribution in [1.82, 2.24) is 9.88 Å². The topological polar surface area (TPSA) is 71.9 Å². The molecule has 1 fully saturated rings. The lowest BCUT2D eigenvalue weighted by molar-refractivity contribution is -0.143. The van der Waals surface area contributed by atoms with Crippen molar-refractivity contribution in [2.24, 2.45) is 5.92 Å². The third kappa shape index (κ3) is 5.75. The zero-order valence-electron chi connectivity index (χ0n) is 19.8. The van der Waals surface area contributed by atoms with Gasteiger partial charge in [-0.25, -0.2) is 0 Å². The SMILES string of the molecule is CCOc1cc(C(c2ccc(C)cn2)N2CCC(C(=O)O)CC2)ccc1OCc1ccccc1. The first-order valence-corrected chi connectivity index (χ1v) is 11.9. The maximum absolute atomic E-state index is 11.5. The number of benzene rings is 2. The molecule has 0 amide bonds. The number of carboxylic acids is 1. The van der Waals surface area contributed by atoms with Crippen LogP contribution in [0.5, 0.6) is 11.5 Å². The number of rotatable bonds is 9. The third-order valence-corrected chi connectivity index (χ3v) is 6.28. The van der Waals surface area contributed by atoms with E-state index >= 15 is 0 Å². The molecule has 2 aromatic carbocycles. The van der Waals surface area contributed by atoms with Crippen LogP contribution >= 0.6 is 0 Å². The van der Waals surface area contributed by atoms with Crippen molar-refractivity contribution in [3.8, 4) is 11.5 Å². The molecular formula is C28H32N2O4. The fraction of sp³-hybridized carbons (Fsp3) is 0.357. The molecule has 1 unspecified atom stereocenters. The molecule has 0 saturated carbocycles. The summed E-state index contributed by atoms with van der Waals surface area (Å²) in [7, 11) is 0. The predicted molar refractivity (Wildman–Crippen MR) is 131 cm³/mol. The molecule has 1 atom stereocenters. The minimum Gasteiger partial charge on any atom is -0.490 e. The van der Waals surface area contributed by atoms with Crippen LogP contribution in [-0.4, -0.2) is 40.7 Å². The third-order valence-electron chi connectivity index (χ3n) is 6.28. The van der Waals surface area contributed by atoms with Gasteiger partial charge in [0.1, 0.15) is 6.61 Å². The number of aryl methyl sites for hydroxylation is 1. The van der Waals surface area contributed by atoms with Crippen molar-refractivity contribution >= 4 is 5.97 Å². The largest absolute Gasteiger partial charge is 0.490 e. The quantitative estimate of drug-likeness (QED) is 0.470. The highest BCUT2D eigenvalue weighted by molar-refractivity contribution is 5.70. The minimum absolute atomic E-state index is 0.0854. The average Bonchev–Trinajstić information content (AvgIpc) is 2.86. The Morgan fingerprint density at radius 3 is 2.47 bits per heavy atom. The Morgan fingerprint density at radius 2 is 1.82 bits per heavy atom. The minimum atomic E-state index is -0.705. The van der Waals surface area contributed by atoms with Gasteiger partial charge < -0.3 is 14.6 Å². The zero-order valence-corrected chi connectivity index (χ0v) is 19.8. The Bertz CT molecular complexity index is 1080. The molecule has 6 nitrogen and oxygen atoms in total. The van der Waals surface area contributed by atoms with E-state index in [1.54, 1.807) is 0 Å². The number of aromatic nitrogens is 1. The summed E-state index contributed by atoms with van der Waals surface area (Å²) in [6.07, 6.45) is 3.15. The summed E-state index contributed by atoms with van der Waals surface area (Å²) in [6, 6.07) is 20.2. The zero-order chi connectivity index (χ0) is 23.9. The highest BCUT2D eigenvalue weighted by Gasteiger charge is 2.31. The van der Waals surface area contributed by atoms with E-state index in [1.807, 2.05) is 62.5 Å². The number of pyridine rings is 1. The van der Waals surface area contributed by atoms with Gasteiger partial charge in [-0.1, -0.05) is 42.5 Å². The van der Waals surface area contributed by atoms with Crippen molar-refractivity contribution in [3.05, 3.63) is 89.2 Å². The monoisotopic (exact) mass is 460 g/mol. The second kappa shape index (κ2) is 11.2. The van der Waals surface area contributed by atoms with Crippen molar-refractivity contribution in [2.75, 3.05) is 19.7 Å². The van der Waals surface area contributed by atoms with Crippen molar-refractivity contribution < 1.29 is 19.4 Å². The van der Waals surface area contributed by atoms with E-state index < -0.39 is 5.97 Å². The van der Waals surface area contributed by atoms with E-state index in [4.69, 9.17) is 14.5 Å². The van der Waals surface area contributed by atoms with Crippen LogP contribution in [0.2, 0.25) is 0 Å². The fourth-order valence-corrected chi connectivity index (χ4v) is 4.43. The molecule has 1 saturated heterocycles. The number of carboxylic acid groups (broad SMARTS) is 1. The number of hydrogen-bond acceptors (Lipinski definition) is 5. The summed E-state index contributed by atoms with van der Waals surface area (Å²) >= 11 is 0. The van der Waals surface area contributed by atoms with Gasteiger partial charge in [0.05, 0.1) is 24.3 Å². The lowest BCUT2D eigenvalue weighted by Gasteiger charge is -2.36. The molecule has 4 rings (SSSR count). The summed E-state index contributed by atoms with van der Waals surface area (Å²) in [5.74, 6) is 0.418. The van der Waals surface area contributed by atoms with Gasteiger partial charge in [0.25, 0.3) is 0 Å². The molecule has 1 aliphatic heterocycles. The predicted octanol–water partition coefficient (Wildman–Crippen LogP) is 5.25. The van der Waals surface area contributed by atoms with Gasteiger partial charge in [-0.2, -0.15) is 0 Å². The average molecular weight is 461 g/mol. The van der Waals surface area contributed by atoms with Gasteiger partial charge in [-0.3, -0.25) is 14.7 Å². The number of carbonyl (C=O) groups is 1. The van der Waals surface area contributed by atoms with Gasteiger partial charge in [0, 0.05) is 6.20 Å². The Hall–Kier alpha value is -3.38. The first-order valence-electron chi connectivity index (χ1n) is 11.9. The maximum Gasteiger partial charge on any atom is 0.306 e. The summed E-state index contributed by atoms with van der Waals surface area (Å²) in [4.78, 5) is 18.5. The Balaban J connectivity index is 1.62. The number of likely N-dealkylation sites (tertiary alicyclic amines) is 1. The van der Waals surface area contributed by atoms with Gasteiger partial charge in [-0.05, 0) is 74.7 Å². The molecule has 1 N–H and O–H groups in total. The molecule has 0 spiro atoms. The number of hydrogen-bond donors (Lipinski definition) is 1. The van der Waals surface area contributed by atoms with Crippen LogP contribution in [0.1, 0.15) is 48.2 Å². The van der Waals surface area contributed by atoms with E-state index in [1.165, 1.54) is 0 Å². The molecule has 0 bridgehead atoms. The summed E-state index contributed by atoms with van der Waals surface area (Å²) in [5, 5.41) is 9.43. The normalized spacial score (nSPS) is 15.6. The molecule has 34 heavy (non-hydrogen) atoms. The number of piperidine rings is 1. The van der Waals surface area contributed by atoms with Crippen molar-refractivity contribution in [3.63, 3.8) is 0 Å². The highest BCUT2D eigenvalue weighted by Crippen LogP contribution is 2.37. The second-order valence-corrected chi connectivity index (χ2v) is 8.72. The van der Waals surface area contributed by atoms with E-state index in [0.717, 1.165) is 22.4 Å². The van der Waals surface area contributed by atoms with Crippen molar-refractivity contribution in [2.45, 2.75) is 39.3 Å². The first-order chi connectivity index (χ1) is 16.5. The van der Waals surface area contributed by atoms with Crippen LogP contribution in [0.3, 0.4) is 0 Å². The van der Waals surface area contributed by atoms with Crippen LogP contribution in [0.25, 0.3) is 0 Å². The smallest absolute Gasteiger partial charge is 0.306 e. The summed E-state index contributed by atoms with van der Waals surface area (Å²) < 4.78 is 12.1. The van der Waals surface area contributed by atoms with E-state index in [2.05, 4.69) is 23.1 Å². The molecule has 0 radical (unpaired) electrons. The molecule has 6 heteroatoms. The van der Waals surface area contributed by atoms with E-state index in [9.17, 15) is 9.90 Å². The Morgan fingerprint density at radius 1 is 1.06 bits per heavy atom. The molecule has 0 aliphatic carbocycles. The van der Waals surface area contributed by atoms with Crippen LogP contribution in [-0.2, 0) is 11.4 Å². The molecular weight excluding hydrogens is 428 g/mol. The Kier molecular flexibility index (Phi) is 7.80. The van der Waals surface area contributed by atoms with Gasteiger partial charge in [0.2, 0.25) is 0 Å². The number of ether oxygens (including phenoxy) is 2. The first kappa shape index (κ1) is 23.8. The molecule has 3 aromatic rings. The highest BCUT2D eigenvalue weighted by atomic mass is 16.5. The van der Waals surface area contributed by atoms with Crippen molar-refractivity contribution in [1.29, 1.82) is 0 Å². The van der Waals surface area contributed by atoms with Gasteiger partial charge in [0.15, 0.2) is 11.5 Å². The maximum atomic E-state index is 11.5. The van der Waals surface area contributed by atoms with Crippen LogP contribution in [0.4, 0.5) is 0 Å². The summed E-state index contributed by atoms with van der Waals surface area (Å²) in [5.41, 5.74) is 4.20. The van der Waals surface area contributed by atoms with Crippen LogP contribution in [0, 0.1) is 12.8 Å². The lowest BCUT2D eigenvalue weighted by atomic mass is 9.93. The number of nitrogens with zero attached hydrogens (tertiary/aromatic N) is 2. The van der Waals surface area contributed by atoms with E-state index in [0.29, 0.717) is 50.6 Å². The van der Waals surface area contributed by atoms with Crippen LogP contribution in [0.15, 0.2) is 66.9 Å². The van der Waals surface area contributed by atoms with E-state index in [-0.39, 0.29) is 12.0 Å². The summed E-state index contributed by atoms with van der Waals surface area (Å²) in [6.45, 7) is 6.38. The van der Waals surface area contributed by atoms with Gasteiger partial charge >= 0.3 is 5.97 Å². The fourth-order valence-electron chi connectivity index (χ4n) is 4.43. The lowest BCUT2D eigenvalue weighted by Crippen LogP contribution is -2.39. The van der Waals surface area contributed by atoms with Crippen LogP contribution < -0.4 is 9.47 Å². The Labute approximate surface area is 201 Å². The molecule has 1 aromatic heterocycles. The molecule has 1 aliphatic rings. The number of aliphatic carboxylic acids is 1. The standard InChI is InChI=1S/C28H32N2O4/c1-3-33-26-17-23(10-12-25(26)34-19-21-7-5-4-6-8-21)27(24-11-9-20(2)18-29-24)30-15-13-22(14-16-30)28(31)32/h4-12,17-18,22,27H,3,13-16,19H2,1-2H3,(H,31,32). The molecule has 2 heterocycles. The molecule has 178 valence electrons.